The third-order valence-electron chi connectivity index (χ3n) is 7.68. The standard InChI is InChI=1S/C34H42N4O6/c1-20(2)17-28(34(41)36-16-14-23-9-7-8-15-35-23)38-27-13-11-24-25(19-29(27)40)26(37-21(3)39)12-10-22-18-30(42-4)32(43-5)33(44-6)31(22)24/h7-9,11,13,15,18-20,26,28H,10,12,14,16-17H2,1-6H3,(H,36,41)(H,37,39)(H,38,40). The molecular weight excluding hydrogens is 560 g/mol. The molecule has 10 nitrogen and oxygen atoms in total. The Labute approximate surface area is 258 Å². The van der Waals surface area contributed by atoms with E-state index in [4.69, 9.17) is 14.2 Å². The number of carbonyl (C=O) groups excluding carboxylic acids is 2. The summed E-state index contributed by atoms with van der Waals surface area (Å²) in [4.78, 5) is 43.7. The number of rotatable bonds is 12. The zero-order valence-electron chi connectivity index (χ0n) is 26.3. The van der Waals surface area contributed by atoms with Crippen molar-refractivity contribution in [2.24, 2.45) is 5.92 Å². The predicted octanol–water partition coefficient (Wildman–Crippen LogP) is 4.44. The summed E-state index contributed by atoms with van der Waals surface area (Å²) in [6, 6.07) is 11.6. The van der Waals surface area contributed by atoms with Crippen molar-refractivity contribution < 1.29 is 23.8 Å². The van der Waals surface area contributed by atoms with E-state index in [1.54, 1.807) is 39.7 Å². The van der Waals surface area contributed by atoms with Gasteiger partial charge in [-0.2, -0.15) is 0 Å². The minimum absolute atomic E-state index is 0.193. The fourth-order valence-corrected chi connectivity index (χ4v) is 5.70. The Balaban J connectivity index is 1.76. The van der Waals surface area contributed by atoms with Crippen molar-refractivity contribution >= 4 is 17.5 Å². The first-order chi connectivity index (χ1) is 21.2. The number of nitrogens with one attached hydrogen (secondary N) is 3. The highest BCUT2D eigenvalue weighted by molar-refractivity contribution is 5.86. The van der Waals surface area contributed by atoms with Gasteiger partial charge < -0.3 is 30.2 Å². The molecule has 2 atom stereocenters. The summed E-state index contributed by atoms with van der Waals surface area (Å²) in [6.07, 6.45) is 4.00. The van der Waals surface area contributed by atoms with E-state index in [2.05, 4.69) is 20.9 Å². The van der Waals surface area contributed by atoms with Gasteiger partial charge in [-0.05, 0) is 72.2 Å². The van der Waals surface area contributed by atoms with Crippen molar-refractivity contribution in [3.63, 3.8) is 0 Å². The van der Waals surface area contributed by atoms with Crippen LogP contribution in [0, 0.1) is 5.92 Å². The normalized spacial score (nSPS) is 14.4. The Hall–Kier alpha value is -4.60. The molecule has 0 spiro atoms. The lowest BCUT2D eigenvalue weighted by atomic mass is 9.95. The number of hydrogen-bond donors (Lipinski definition) is 3. The van der Waals surface area contributed by atoms with Crippen LogP contribution in [0.5, 0.6) is 17.2 Å². The first-order valence-corrected chi connectivity index (χ1v) is 14.9. The maximum Gasteiger partial charge on any atom is 0.242 e. The molecule has 2 aromatic carbocycles. The molecule has 1 aliphatic carbocycles. The molecule has 3 N–H and O–H groups in total. The number of fused-ring (bicyclic) bond motifs is 3. The van der Waals surface area contributed by atoms with Crippen LogP contribution in [0.1, 0.15) is 56.5 Å². The largest absolute Gasteiger partial charge is 0.493 e. The molecule has 0 saturated carbocycles. The van der Waals surface area contributed by atoms with E-state index in [1.165, 1.54) is 6.92 Å². The van der Waals surface area contributed by atoms with Gasteiger partial charge in [-0.15, -0.1) is 0 Å². The zero-order chi connectivity index (χ0) is 31.8. The molecule has 234 valence electrons. The van der Waals surface area contributed by atoms with E-state index in [1.807, 2.05) is 44.2 Å². The number of aryl methyl sites for hydroxylation is 1. The molecule has 0 radical (unpaired) electrons. The Kier molecular flexibility index (Phi) is 10.8. The van der Waals surface area contributed by atoms with E-state index >= 15 is 0 Å². The summed E-state index contributed by atoms with van der Waals surface area (Å²) in [5.41, 5.74) is 3.96. The number of amides is 2. The lowest BCUT2D eigenvalue weighted by Crippen LogP contribution is -2.42. The molecule has 1 aliphatic rings. The molecule has 0 aliphatic heterocycles. The van der Waals surface area contributed by atoms with E-state index in [9.17, 15) is 14.4 Å². The van der Waals surface area contributed by atoms with Gasteiger partial charge in [0.15, 0.2) is 11.5 Å². The van der Waals surface area contributed by atoms with Crippen LogP contribution < -0.4 is 35.6 Å². The maximum absolute atomic E-state index is 13.8. The number of ether oxygens (including phenoxy) is 3. The third-order valence-corrected chi connectivity index (χ3v) is 7.68. The molecule has 0 bridgehead atoms. The summed E-state index contributed by atoms with van der Waals surface area (Å²) in [6.45, 7) is 5.95. The highest BCUT2D eigenvalue weighted by Crippen LogP contribution is 2.50. The number of hydrogen-bond acceptors (Lipinski definition) is 8. The first-order valence-electron chi connectivity index (χ1n) is 14.9. The molecule has 1 heterocycles. The van der Waals surface area contributed by atoms with E-state index in [0.29, 0.717) is 55.0 Å². The molecule has 2 unspecified atom stereocenters. The number of pyridine rings is 1. The third kappa shape index (κ3) is 7.48. The SMILES string of the molecule is COc1cc2c(c(OC)c1OC)-c1ccc(NC(CC(C)C)C(=O)NCCc3ccccn3)c(=O)cc1C(NC(C)=O)CC2. The second-order valence-electron chi connectivity index (χ2n) is 11.3. The Morgan fingerprint density at radius 3 is 2.43 bits per heavy atom. The Morgan fingerprint density at radius 2 is 1.80 bits per heavy atom. The number of nitrogens with zero attached hydrogens (tertiary/aromatic N) is 1. The number of carbonyl (C=O) groups is 2. The zero-order valence-corrected chi connectivity index (χ0v) is 26.3. The van der Waals surface area contributed by atoms with Crippen molar-refractivity contribution in [3.8, 4) is 28.4 Å². The van der Waals surface area contributed by atoms with Gasteiger partial charge >= 0.3 is 0 Å². The topological polar surface area (TPSA) is 128 Å². The molecule has 2 amide bonds. The molecule has 10 heteroatoms. The van der Waals surface area contributed by atoms with Gasteiger partial charge in [-0.1, -0.05) is 26.0 Å². The summed E-state index contributed by atoms with van der Waals surface area (Å²) in [5.74, 6) is 1.24. The highest BCUT2D eigenvalue weighted by atomic mass is 16.5. The molecular formula is C34H42N4O6. The van der Waals surface area contributed by atoms with Crippen molar-refractivity contribution in [1.82, 2.24) is 15.6 Å². The lowest BCUT2D eigenvalue weighted by Gasteiger charge is -2.20. The van der Waals surface area contributed by atoms with Crippen molar-refractivity contribution in [2.45, 2.75) is 58.5 Å². The van der Waals surface area contributed by atoms with Gasteiger partial charge in [-0.3, -0.25) is 19.4 Å². The van der Waals surface area contributed by atoms with Crippen molar-refractivity contribution in [2.75, 3.05) is 33.2 Å². The van der Waals surface area contributed by atoms with Crippen molar-refractivity contribution in [3.05, 3.63) is 75.7 Å². The van der Waals surface area contributed by atoms with Crippen LogP contribution in [0.2, 0.25) is 0 Å². The monoisotopic (exact) mass is 602 g/mol. The van der Waals surface area contributed by atoms with Gasteiger partial charge in [0.2, 0.25) is 23.0 Å². The second-order valence-corrected chi connectivity index (χ2v) is 11.3. The van der Waals surface area contributed by atoms with Crippen LogP contribution in [0.25, 0.3) is 11.1 Å². The average Bonchev–Trinajstić information content (AvgIpc) is 3.24. The molecule has 4 rings (SSSR count). The number of anilines is 1. The molecule has 44 heavy (non-hydrogen) atoms. The average molecular weight is 603 g/mol. The second kappa shape index (κ2) is 14.7. The minimum atomic E-state index is -0.633. The predicted molar refractivity (Wildman–Crippen MR) is 170 cm³/mol. The van der Waals surface area contributed by atoms with Gasteiger partial charge in [-0.25, -0.2) is 0 Å². The van der Waals surface area contributed by atoms with Gasteiger partial charge in [0.25, 0.3) is 0 Å². The van der Waals surface area contributed by atoms with Gasteiger partial charge in [0.05, 0.1) is 33.1 Å². The van der Waals surface area contributed by atoms with Crippen molar-refractivity contribution in [1.29, 1.82) is 0 Å². The van der Waals surface area contributed by atoms with E-state index in [0.717, 1.165) is 22.4 Å². The Bertz CT molecular complexity index is 1540. The fourth-order valence-electron chi connectivity index (χ4n) is 5.70. The minimum Gasteiger partial charge on any atom is -0.493 e. The summed E-state index contributed by atoms with van der Waals surface area (Å²) in [7, 11) is 4.67. The van der Waals surface area contributed by atoms with Crippen LogP contribution in [0.4, 0.5) is 5.69 Å². The van der Waals surface area contributed by atoms with E-state index < -0.39 is 12.1 Å². The molecule has 3 aromatic rings. The maximum atomic E-state index is 13.8. The fraction of sp³-hybridized carbons (Fsp3) is 0.412. The van der Waals surface area contributed by atoms with Crippen LogP contribution in [-0.4, -0.2) is 50.7 Å². The summed E-state index contributed by atoms with van der Waals surface area (Å²) < 4.78 is 17.1. The summed E-state index contributed by atoms with van der Waals surface area (Å²) >= 11 is 0. The highest BCUT2D eigenvalue weighted by Gasteiger charge is 2.30. The molecule has 0 fully saturated rings. The molecule has 1 aromatic heterocycles. The summed E-state index contributed by atoms with van der Waals surface area (Å²) in [5, 5.41) is 9.24. The Morgan fingerprint density at radius 1 is 1.02 bits per heavy atom. The van der Waals surface area contributed by atoms with Crippen LogP contribution >= 0.6 is 0 Å². The van der Waals surface area contributed by atoms with E-state index in [-0.39, 0.29) is 28.8 Å². The quantitative estimate of drug-likeness (QED) is 0.278. The lowest BCUT2D eigenvalue weighted by molar-refractivity contribution is -0.122. The van der Waals surface area contributed by atoms with Gasteiger partial charge in [0, 0.05) is 37.3 Å². The first kappa shape index (κ1) is 32.3. The smallest absolute Gasteiger partial charge is 0.242 e. The van der Waals surface area contributed by atoms with Gasteiger partial charge in [0.1, 0.15) is 6.04 Å². The molecule has 0 saturated heterocycles. The number of methoxy groups -OCH3 is 3. The van der Waals surface area contributed by atoms with Crippen LogP contribution in [-0.2, 0) is 22.4 Å². The van der Waals surface area contributed by atoms with Crippen LogP contribution in [0.15, 0.2) is 53.5 Å². The number of aromatic nitrogens is 1. The number of benzene rings is 1. The van der Waals surface area contributed by atoms with Crippen LogP contribution in [0.3, 0.4) is 0 Å².